The van der Waals surface area contributed by atoms with E-state index < -0.39 is 15.3 Å². The summed E-state index contributed by atoms with van der Waals surface area (Å²) in [6.45, 7) is 0.966. The molecule has 9 nitrogen and oxygen atoms in total. The summed E-state index contributed by atoms with van der Waals surface area (Å²) < 4.78 is 34.9. The predicted octanol–water partition coefficient (Wildman–Crippen LogP) is 5.66. The smallest absolute Gasteiger partial charge is 0.153 e. The Hall–Kier alpha value is -3.49. The fraction of sp³-hybridized carbons (Fsp3) is 0.500. The van der Waals surface area contributed by atoms with Crippen molar-refractivity contribution in [2.24, 2.45) is 11.3 Å². The number of benzene rings is 1. The molecule has 226 valence electrons. The van der Waals surface area contributed by atoms with Gasteiger partial charge in [-0.15, -0.1) is 11.3 Å². The van der Waals surface area contributed by atoms with Crippen molar-refractivity contribution in [1.82, 2.24) is 9.97 Å². The van der Waals surface area contributed by atoms with Crippen LogP contribution in [0, 0.1) is 22.7 Å². The number of ketones is 1. The van der Waals surface area contributed by atoms with Crippen LogP contribution >= 0.6 is 11.3 Å². The molecule has 0 bridgehead atoms. The van der Waals surface area contributed by atoms with Crippen LogP contribution < -0.4 is 14.4 Å². The van der Waals surface area contributed by atoms with Gasteiger partial charge in [-0.25, -0.2) is 18.4 Å². The molecule has 2 saturated carbocycles. The van der Waals surface area contributed by atoms with E-state index >= 15 is 0 Å². The van der Waals surface area contributed by atoms with Gasteiger partial charge in [0.1, 0.15) is 22.2 Å². The highest BCUT2D eigenvalue weighted by molar-refractivity contribution is 7.91. The minimum Gasteiger partial charge on any atom is -0.495 e. The number of aromatic nitrogens is 2. The number of rotatable bonds is 9. The summed E-state index contributed by atoms with van der Waals surface area (Å²) in [6, 6.07) is 12.4. The van der Waals surface area contributed by atoms with Gasteiger partial charge in [0, 0.05) is 43.1 Å². The first-order valence-corrected chi connectivity index (χ1v) is 17.5. The number of anilines is 1. The number of nitrogens with zero attached hydrogens (tertiary/aromatic N) is 4. The van der Waals surface area contributed by atoms with E-state index in [9.17, 15) is 18.5 Å². The molecule has 0 amide bonds. The molecule has 3 aromatic rings. The fourth-order valence-corrected chi connectivity index (χ4v) is 8.67. The van der Waals surface area contributed by atoms with Crippen LogP contribution in [0.2, 0.25) is 0 Å². The maximum atomic E-state index is 13.7. The van der Waals surface area contributed by atoms with Gasteiger partial charge in [0.05, 0.1) is 54.0 Å². The molecule has 3 aliphatic rings. The van der Waals surface area contributed by atoms with Crippen LogP contribution in [0.15, 0.2) is 36.5 Å². The summed E-state index contributed by atoms with van der Waals surface area (Å²) in [7, 11) is 0.214. The van der Waals surface area contributed by atoms with Crippen molar-refractivity contribution in [3.8, 4) is 38.7 Å². The van der Waals surface area contributed by atoms with Gasteiger partial charge in [0.15, 0.2) is 15.6 Å². The third kappa shape index (κ3) is 6.13. The quantitative estimate of drug-likeness (QED) is 0.298. The van der Waals surface area contributed by atoms with E-state index in [2.05, 4.69) is 28.1 Å². The number of hydrogen-bond donors (Lipinski definition) is 0. The lowest BCUT2D eigenvalue weighted by atomic mass is 9.73. The minimum absolute atomic E-state index is 0.0491. The van der Waals surface area contributed by atoms with Gasteiger partial charge >= 0.3 is 0 Å². The topological polar surface area (TPSA) is 122 Å². The maximum absolute atomic E-state index is 13.7. The van der Waals surface area contributed by atoms with Crippen molar-refractivity contribution in [2.75, 3.05) is 43.7 Å². The maximum Gasteiger partial charge on any atom is 0.153 e. The molecule has 3 fully saturated rings. The van der Waals surface area contributed by atoms with E-state index in [1.54, 1.807) is 26.5 Å². The molecule has 0 unspecified atom stereocenters. The number of Topliss-reactive ketones (excluding diaryl/α,β-unsaturated/α-hetero) is 1. The summed E-state index contributed by atoms with van der Waals surface area (Å²) in [4.78, 5) is 26.6. The number of hydrogen-bond acceptors (Lipinski definition) is 10. The van der Waals surface area contributed by atoms with Gasteiger partial charge in [-0.2, -0.15) is 5.26 Å². The van der Waals surface area contributed by atoms with Crippen molar-refractivity contribution in [2.45, 2.75) is 50.9 Å². The average molecular weight is 621 g/mol. The van der Waals surface area contributed by atoms with Crippen LogP contribution in [0.4, 0.5) is 5.69 Å². The zero-order valence-corrected chi connectivity index (χ0v) is 26.2. The third-order valence-corrected chi connectivity index (χ3v) is 11.8. The van der Waals surface area contributed by atoms with Crippen LogP contribution in [0.25, 0.3) is 21.1 Å². The number of pyridine rings is 1. The van der Waals surface area contributed by atoms with Crippen LogP contribution in [-0.2, 0) is 14.6 Å². The molecule has 0 radical (unpaired) electrons. The van der Waals surface area contributed by atoms with E-state index in [1.165, 1.54) is 11.3 Å². The lowest BCUT2D eigenvalue weighted by Gasteiger charge is -2.31. The minimum atomic E-state index is -2.97. The van der Waals surface area contributed by atoms with Crippen molar-refractivity contribution >= 4 is 32.6 Å². The monoisotopic (exact) mass is 620 g/mol. The molecule has 11 heteroatoms. The molecular weight excluding hydrogens is 585 g/mol. The standard InChI is InChI=1S/C32H36N4O5S2/c1-40-23-17-27(41-2)29(34-19-23)31-35-28(25-6-4-3-5-24(25)26(37)18-32(20-33)11-12-32)30(42-31)21-7-9-22(10-8-21)36-13-15-43(38,39)16-14-36/h7-10,17,19,24-25H,3-6,11-16,18H2,1-2H3/t24-,25-/m1/s1. The summed E-state index contributed by atoms with van der Waals surface area (Å²) in [5.74, 6) is 1.43. The molecule has 2 aromatic heterocycles. The second kappa shape index (κ2) is 11.9. The summed E-state index contributed by atoms with van der Waals surface area (Å²) in [5.41, 5.74) is 3.02. The summed E-state index contributed by atoms with van der Waals surface area (Å²) in [6.07, 6.45) is 7.25. The second-order valence-electron chi connectivity index (χ2n) is 11.9. The number of sulfone groups is 1. The van der Waals surface area contributed by atoms with E-state index in [1.807, 2.05) is 12.1 Å². The van der Waals surface area contributed by atoms with E-state index in [4.69, 9.17) is 14.5 Å². The fourth-order valence-electron chi connectivity index (χ4n) is 6.33. The molecule has 0 spiro atoms. The molecular formula is C32H36N4O5S2. The van der Waals surface area contributed by atoms with E-state index in [0.717, 1.165) is 60.3 Å². The average Bonchev–Trinajstić information content (AvgIpc) is 3.67. The van der Waals surface area contributed by atoms with Gasteiger partial charge in [-0.3, -0.25) is 4.79 Å². The summed E-state index contributed by atoms with van der Waals surface area (Å²) in [5, 5.41) is 10.4. The summed E-state index contributed by atoms with van der Waals surface area (Å²) >= 11 is 1.54. The van der Waals surface area contributed by atoms with Gasteiger partial charge in [0.2, 0.25) is 0 Å². The Bertz CT molecular complexity index is 1640. The van der Waals surface area contributed by atoms with Gasteiger partial charge < -0.3 is 14.4 Å². The molecule has 3 heterocycles. The largest absolute Gasteiger partial charge is 0.495 e. The Morgan fingerprint density at radius 1 is 1.12 bits per heavy atom. The van der Waals surface area contributed by atoms with Crippen molar-refractivity contribution in [1.29, 1.82) is 5.26 Å². The molecule has 6 rings (SSSR count). The molecule has 43 heavy (non-hydrogen) atoms. The van der Waals surface area contributed by atoms with Crippen LogP contribution in [0.5, 0.6) is 11.5 Å². The highest BCUT2D eigenvalue weighted by Gasteiger charge is 2.47. The first-order valence-electron chi connectivity index (χ1n) is 14.8. The Kier molecular flexibility index (Phi) is 8.18. The predicted molar refractivity (Wildman–Crippen MR) is 166 cm³/mol. The molecule has 1 saturated heterocycles. The third-order valence-electron chi connectivity index (χ3n) is 9.11. The highest BCUT2D eigenvalue weighted by atomic mass is 32.2. The number of thiazole rings is 1. The number of methoxy groups -OCH3 is 2. The zero-order chi connectivity index (χ0) is 30.2. The van der Waals surface area contributed by atoms with Crippen LogP contribution in [-0.4, -0.2) is 63.0 Å². The van der Waals surface area contributed by atoms with Gasteiger partial charge in [-0.05, 0) is 43.4 Å². The lowest BCUT2D eigenvalue weighted by Crippen LogP contribution is -2.40. The Balaban J connectivity index is 1.38. The first kappa shape index (κ1) is 29.6. The molecule has 1 aromatic carbocycles. The molecule has 0 N–H and O–H groups in total. The number of carbonyl (C=O) groups excluding carboxylic acids is 1. The molecule has 1 aliphatic heterocycles. The number of carbonyl (C=O) groups is 1. The zero-order valence-electron chi connectivity index (χ0n) is 24.5. The second-order valence-corrected chi connectivity index (χ2v) is 15.2. The Labute approximate surface area is 256 Å². The van der Waals surface area contributed by atoms with Crippen molar-refractivity contribution in [3.05, 3.63) is 42.2 Å². The first-order chi connectivity index (χ1) is 20.7. The number of ether oxygens (including phenoxy) is 2. The molecule has 2 atom stereocenters. The highest BCUT2D eigenvalue weighted by Crippen LogP contribution is 2.52. The van der Waals surface area contributed by atoms with Gasteiger partial charge in [-0.1, -0.05) is 25.0 Å². The van der Waals surface area contributed by atoms with Crippen molar-refractivity contribution < 1.29 is 22.7 Å². The van der Waals surface area contributed by atoms with E-state index in [-0.39, 0.29) is 29.1 Å². The van der Waals surface area contributed by atoms with Gasteiger partial charge in [0.25, 0.3) is 0 Å². The normalized spacial score (nSPS) is 22.4. The van der Waals surface area contributed by atoms with Crippen LogP contribution in [0.3, 0.4) is 0 Å². The SMILES string of the molecule is COc1cnc(-c2nc([C@@H]3CCCC[C@H]3C(=O)CC3(C#N)CC3)c(-c3ccc(N4CCS(=O)(=O)CC4)cc3)s2)c(OC)c1. The Morgan fingerprint density at radius 2 is 1.84 bits per heavy atom. The van der Waals surface area contributed by atoms with Crippen LogP contribution in [0.1, 0.15) is 56.6 Å². The lowest BCUT2D eigenvalue weighted by molar-refractivity contribution is -0.125. The number of nitriles is 1. The van der Waals surface area contributed by atoms with E-state index in [0.29, 0.717) is 41.7 Å². The Morgan fingerprint density at radius 3 is 2.49 bits per heavy atom. The molecule has 2 aliphatic carbocycles. The van der Waals surface area contributed by atoms with Crippen molar-refractivity contribution in [3.63, 3.8) is 0 Å².